The Bertz CT molecular complexity index is 407. The monoisotopic (exact) mass is 251 g/mol. The molecule has 2 rings (SSSR count). The average molecular weight is 251 g/mol. The highest BCUT2D eigenvalue weighted by molar-refractivity contribution is 5.28. The molecule has 1 fully saturated rings. The van der Waals surface area contributed by atoms with Gasteiger partial charge in [-0.1, -0.05) is 19.9 Å². The van der Waals surface area contributed by atoms with Gasteiger partial charge < -0.3 is 10.1 Å². The fourth-order valence-corrected chi connectivity index (χ4v) is 2.69. The third kappa shape index (κ3) is 2.83. The standard InChI is InChI=1S/C15H22FNO/c1-10-4-7-15(11(10)2)17-9-12-5-6-13(18-3)8-14(12)16/h5-6,8,10-11,15,17H,4,7,9H2,1-3H3. The molecular formula is C15H22FNO. The third-order valence-corrected chi connectivity index (χ3v) is 4.28. The molecule has 3 heteroatoms. The van der Waals surface area contributed by atoms with Crippen LogP contribution in [0.4, 0.5) is 4.39 Å². The van der Waals surface area contributed by atoms with Crippen molar-refractivity contribution in [3.63, 3.8) is 0 Å². The molecule has 0 amide bonds. The maximum absolute atomic E-state index is 13.8. The van der Waals surface area contributed by atoms with E-state index in [0.29, 0.717) is 29.8 Å². The number of halogens is 1. The van der Waals surface area contributed by atoms with Crippen LogP contribution < -0.4 is 10.1 Å². The first-order valence-electron chi connectivity index (χ1n) is 6.67. The highest BCUT2D eigenvalue weighted by atomic mass is 19.1. The lowest BCUT2D eigenvalue weighted by molar-refractivity contribution is 0.367. The van der Waals surface area contributed by atoms with E-state index < -0.39 is 0 Å². The number of hydrogen-bond donors (Lipinski definition) is 1. The van der Waals surface area contributed by atoms with Crippen molar-refractivity contribution in [1.82, 2.24) is 5.32 Å². The largest absolute Gasteiger partial charge is 0.497 e. The van der Waals surface area contributed by atoms with Gasteiger partial charge in [-0.15, -0.1) is 0 Å². The van der Waals surface area contributed by atoms with E-state index in [2.05, 4.69) is 19.2 Å². The van der Waals surface area contributed by atoms with E-state index in [1.807, 2.05) is 0 Å². The lowest BCUT2D eigenvalue weighted by Gasteiger charge is -2.20. The molecule has 1 aliphatic rings. The van der Waals surface area contributed by atoms with Gasteiger partial charge >= 0.3 is 0 Å². The molecule has 1 aromatic carbocycles. The lowest BCUT2D eigenvalue weighted by atomic mass is 9.97. The summed E-state index contributed by atoms with van der Waals surface area (Å²) in [7, 11) is 1.55. The Kier molecular flexibility index (Phi) is 4.23. The summed E-state index contributed by atoms with van der Waals surface area (Å²) in [6.45, 7) is 5.16. The van der Waals surface area contributed by atoms with Crippen LogP contribution in [0.1, 0.15) is 32.3 Å². The Morgan fingerprint density at radius 1 is 1.33 bits per heavy atom. The summed E-state index contributed by atoms with van der Waals surface area (Å²) >= 11 is 0. The Morgan fingerprint density at radius 2 is 2.11 bits per heavy atom. The van der Waals surface area contributed by atoms with Gasteiger partial charge in [0.2, 0.25) is 0 Å². The van der Waals surface area contributed by atoms with Gasteiger partial charge in [0.25, 0.3) is 0 Å². The van der Waals surface area contributed by atoms with Crippen LogP contribution in [-0.4, -0.2) is 13.2 Å². The van der Waals surface area contributed by atoms with Crippen molar-refractivity contribution in [3.05, 3.63) is 29.6 Å². The van der Waals surface area contributed by atoms with Crippen molar-refractivity contribution in [3.8, 4) is 5.75 Å². The second-order valence-electron chi connectivity index (χ2n) is 5.36. The molecule has 0 spiro atoms. The van der Waals surface area contributed by atoms with Crippen molar-refractivity contribution in [2.24, 2.45) is 11.8 Å². The summed E-state index contributed by atoms with van der Waals surface area (Å²) in [5, 5.41) is 3.48. The third-order valence-electron chi connectivity index (χ3n) is 4.28. The van der Waals surface area contributed by atoms with Crippen LogP contribution in [0.15, 0.2) is 18.2 Å². The van der Waals surface area contributed by atoms with Gasteiger partial charge in [0.15, 0.2) is 0 Å². The molecule has 0 aliphatic heterocycles. The molecule has 0 saturated heterocycles. The lowest BCUT2D eigenvalue weighted by Crippen LogP contribution is -2.32. The van der Waals surface area contributed by atoms with Gasteiger partial charge in [-0.05, 0) is 30.7 Å². The summed E-state index contributed by atoms with van der Waals surface area (Å²) < 4.78 is 18.8. The van der Waals surface area contributed by atoms with Crippen LogP contribution in [0.2, 0.25) is 0 Å². The molecule has 2 nitrogen and oxygen atoms in total. The van der Waals surface area contributed by atoms with E-state index in [0.717, 1.165) is 5.92 Å². The summed E-state index contributed by atoms with van der Waals surface area (Å²) in [5.41, 5.74) is 0.711. The van der Waals surface area contributed by atoms with E-state index in [1.165, 1.54) is 18.9 Å². The zero-order valence-electron chi connectivity index (χ0n) is 11.4. The first-order valence-corrected chi connectivity index (χ1v) is 6.67. The Labute approximate surface area is 109 Å². The van der Waals surface area contributed by atoms with Crippen molar-refractivity contribution in [2.75, 3.05) is 7.11 Å². The molecule has 0 heterocycles. The second-order valence-corrected chi connectivity index (χ2v) is 5.36. The molecular weight excluding hydrogens is 229 g/mol. The topological polar surface area (TPSA) is 21.3 Å². The fraction of sp³-hybridized carbons (Fsp3) is 0.600. The first kappa shape index (κ1) is 13.3. The minimum absolute atomic E-state index is 0.194. The minimum Gasteiger partial charge on any atom is -0.497 e. The maximum Gasteiger partial charge on any atom is 0.131 e. The van der Waals surface area contributed by atoms with E-state index in [9.17, 15) is 4.39 Å². The predicted octanol–water partition coefficient (Wildman–Crippen LogP) is 3.36. The molecule has 100 valence electrons. The Balaban J connectivity index is 1.94. The first-order chi connectivity index (χ1) is 8.61. The quantitative estimate of drug-likeness (QED) is 0.886. The second kappa shape index (κ2) is 5.70. The van der Waals surface area contributed by atoms with Gasteiger partial charge in [-0.25, -0.2) is 4.39 Å². The summed E-state index contributed by atoms with van der Waals surface area (Å²) in [5.74, 6) is 1.81. The van der Waals surface area contributed by atoms with Gasteiger partial charge in [0.05, 0.1) is 7.11 Å². The smallest absolute Gasteiger partial charge is 0.131 e. The molecule has 3 atom stereocenters. The van der Waals surface area contributed by atoms with Gasteiger partial charge in [-0.3, -0.25) is 0 Å². The van der Waals surface area contributed by atoms with Crippen molar-refractivity contribution >= 4 is 0 Å². The predicted molar refractivity (Wildman–Crippen MR) is 71.1 cm³/mol. The molecule has 0 bridgehead atoms. The molecule has 18 heavy (non-hydrogen) atoms. The molecule has 1 N–H and O–H groups in total. The number of rotatable bonds is 4. The number of nitrogens with one attached hydrogen (secondary N) is 1. The Morgan fingerprint density at radius 3 is 2.67 bits per heavy atom. The van der Waals surface area contributed by atoms with Crippen LogP contribution in [-0.2, 0) is 6.54 Å². The zero-order valence-corrected chi connectivity index (χ0v) is 11.4. The highest BCUT2D eigenvalue weighted by Gasteiger charge is 2.29. The number of benzene rings is 1. The highest BCUT2D eigenvalue weighted by Crippen LogP contribution is 2.31. The van der Waals surface area contributed by atoms with E-state index in [1.54, 1.807) is 19.2 Å². The Hall–Kier alpha value is -1.09. The van der Waals surface area contributed by atoms with Gasteiger partial charge in [-0.2, -0.15) is 0 Å². The van der Waals surface area contributed by atoms with Crippen LogP contribution in [0.25, 0.3) is 0 Å². The fourth-order valence-electron chi connectivity index (χ4n) is 2.69. The summed E-state index contributed by atoms with van der Waals surface area (Å²) in [6, 6.07) is 5.56. The van der Waals surface area contributed by atoms with Crippen molar-refractivity contribution in [1.29, 1.82) is 0 Å². The van der Waals surface area contributed by atoms with E-state index in [-0.39, 0.29) is 5.82 Å². The van der Waals surface area contributed by atoms with Crippen LogP contribution in [0.3, 0.4) is 0 Å². The molecule has 1 aliphatic carbocycles. The SMILES string of the molecule is COc1ccc(CNC2CCC(C)C2C)c(F)c1. The van der Waals surface area contributed by atoms with E-state index >= 15 is 0 Å². The van der Waals surface area contributed by atoms with Crippen LogP contribution >= 0.6 is 0 Å². The number of methoxy groups -OCH3 is 1. The van der Waals surface area contributed by atoms with Crippen LogP contribution in [0, 0.1) is 17.7 Å². The molecule has 0 radical (unpaired) electrons. The molecule has 3 unspecified atom stereocenters. The molecule has 1 aromatic rings. The van der Waals surface area contributed by atoms with Gasteiger partial charge in [0, 0.05) is 24.2 Å². The number of hydrogen-bond acceptors (Lipinski definition) is 2. The average Bonchev–Trinajstić information content (AvgIpc) is 2.68. The van der Waals surface area contributed by atoms with Crippen LogP contribution in [0.5, 0.6) is 5.75 Å². The zero-order chi connectivity index (χ0) is 13.1. The molecule has 1 saturated carbocycles. The minimum atomic E-state index is -0.194. The maximum atomic E-state index is 13.8. The molecule has 0 aromatic heterocycles. The van der Waals surface area contributed by atoms with Crippen molar-refractivity contribution in [2.45, 2.75) is 39.3 Å². The van der Waals surface area contributed by atoms with Crippen molar-refractivity contribution < 1.29 is 9.13 Å². The summed E-state index contributed by atoms with van der Waals surface area (Å²) in [4.78, 5) is 0. The number of ether oxygens (including phenoxy) is 1. The van der Waals surface area contributed by atoms with Gasteiger partial charge in [0.1, 0.15) is 11.6 Å². The van der Waals surface area contributed by atoms with E-state index in [4.69, 9.17) is 4.74 Å². The summed E-state index contributed by atoms with van der Waals surface area (Å²) in [6.07, 6.45) is 2.46. The normalized spacial score (nSPS) is 27.4.